The van der Waals surface area contributed by atoms with Crippen molar-refractivity contribution in [3.63, 3.8) is 0 Å². The monoisotopic (exact) mass is 362 g/mol. The Hall–Kier alpha value is -3.19. The number of nitrogens with zero attached hydrogens (tertiary/aromatic N) is 5. The molecular formula is C20H22N6O. The quantitative estimate of drug-likeness (QED) is 0.771. The standard InChI is InChI=1S/C20H22N6O/c1-24-9-11-25(12-10-24)19-8-7-16(13-22-19)23-20(27)18-14-21-15-26(18)17-5-3-2-4-6-17/h2-8,13-15H,9-12H2,1H3,(H,23,27). The lowest BCUT2D eigenvalue weighted by atomic mass is 10.3. The van der Waals surface area contributed by atoms with E-state index in [2.05, 4.69) is 32.1 Å². The van der Waals surface area contributed by atoms with Crippen LogP contribution < -0.4 is 10.2 Å². The predicted octanol–water partition coefficient (Wildman–Crippen LogP) is 2.27. The van der Waals surface area contributed by atoms with Crippen molar-refractivity contribution in [2.45, 2.75) is 0 Å². The molecule has 1 saturated heterocycles. The van der Waals surface area contributed by atoms with E-state index >= 15 is 0 Å². The number of nitrogens with one attached hydrogen (secondary N) is 1. The fraction of sp³-hybridized carbons (Fsp3) is 0.250. The molecule has 7 nitrogen and oxygen atoms in total. The van der Waals surface area contributed by atoms with Crippen LogP contribution in [0.25, 0.3) is 5.69 Å². The first kappa shape index (κ1) is 17.2. The van der Waals surface area contributed by atoms with Crippen molar-refractivity contribution >= 4 is 17.4 Å². The van der Waals surface area contributed by atoms with Crippen molar-refractivity contribution in [3.05, 3.63) is 66.9 Å². The van der Waals surface area contributed by atoms with E-state index in [1.807, 2.05) is 42.5 Å². The minimum absolute atomic E-state index is 0.217. The highest BCUT2D eigenvalue weighted by atomic mass is 16.2. The SMILES string of the molecule is CN1CCN(c2ccc(NC(=O)c3cncn3-c3ccccc3)cn2)CC1. The number of piperazine rings is 1. The molecule has 4 rings (SSSR count). The van der Waals surface area contributed by atoms with Crippen LogP contribution in [0.2, 0.25) is 0 Å². The van der Waals surface area contributed by atoms with Gasteiger partial charge in [-0.3, -0.25) is 9.36 Å². The molecule has 1 fully saturated rings. The van der Waals surface area contributed by atoms with E-state index < -0.39 is 0 Å². The van der Waals surface area contributed by atoms with Crippen molar-refractivity contribution in [3.8, 4) is 5.69 Å². The van der Waals surface area contributed by atoms with E-state index in [-0.39, 0.29) is 5.91 Å². The van der Waals surface area contributed by atoms with E-state index in [4.69, 9.17) is 0 Å². The van der Waals surface area contributed by atoms with Crippen LogP contribution in [0.5, 0.6) is 0 Å². The summed E-state index contributed by atoms with van der Waals surface area (Å²) in [6.07, 6.45) is 4.90. The summed E-state index contributed by atoms with van der Waals surface area (Å²) in [5, 5.41) is 2.90. The Morgan fingerprint density at radius 3 is 2.48 bits per heavy atom. The average molecular weight is 362 g/mol. The van der Waals surface area contributed by atoms with E-state index in [0.29, 0.717) is 11.4 Å². The maximum atomic E-state index is 12.7. The molecule has 0 atom stereocenters. The minimum Gasteiger partial charge on any atom is -0.354 e. The summed E-state index contributed by atoms with van der Waals surface area (Å²) >= 11 is 0. The number of hydrogen-bond donors (Lipinski definition) is 1. The van der Waals surface area contributed by atoms with Crippen LogP contribution in [0.4, 0.5) is 11.5 Å². The molecule has 0 radical (unpaired) electrons. The molecule has 3 heterocycles. The number of pyridine rings is 1. The smallest absolute Gasteiger partial charge is 0.274 e. The Labute approximate surface area is 158 Å². The van der Waals surface area contributed by atoms with Crippen LogP contribution in [0.15, 0.2) is 61.2 Å². The third kappa shape index (κ3) is 3.83. The van der Waals surface area contributed by atoms with Gasteiger partial charge in [-0.2, -0.15) is 0 Å². The zero-order valence-corrected chi connectivity index (χ0v) is 15.2. The lowest BCUT2D eigenvalue weighted by Gasteiger charge is -2.33. The lowest BCUT2D eigenvalue weighted by Crippen LogP contribution is -2.44. The molecule has 138 valence electrons. The number of benzene rings is 1. The van der Waals surface area contributed by atoms with E-state index in [1.165, 1.54) is 0 Å². The lowest BCUT2D eigenvalue weighted by molar-refractivity contribution is 0.102. The normalized spacial score (nSPS) is 14.9. The topological polar surface area (TPSA) is 66.3 Å². The fourth-order valence-electron chi connectivity index (χ4n) is 3.14. The molecule has 1 amide bonds. The Morgan fingerprint density at radius 1 is 1.00 bits per heavy atom. The zero-order valence-electron chi connectivity index (χ0n) is 15.2. The number of amides is 1. The van der Waals surface area contributed by atoms with Crippen molar-refractivity contribution in [2.75, 3.05) is 43.4 Å². The summed E-state index contributed by atoms with van der Waals surface area (Å²) in [7, 11) is 2.13. The molecule has 1 aliphatic heterocycles. The Kier molecular flexibility index (Phi) is 4.84. The fourth-order valence-corrected chi connectivity index (χ4v) is 3.14. The second-order valence-corrected chi connectivity index (χ2v) is 6.63. The number of likely N-dealkylation sites (N-methyl/N-ethyl adjacent to an activating group) is 1. The summed E-state index contributed by atoms with van der Waals surface area (Å²) in [5.41, 5.74) is 2.03. The largest absolute Gasteiger partial charge is 0.354 e. The molecule has 2 aromatic heterocycles. The van der Waals surface area contributed by atoms with Gasteiger partial charge in [-0.15, -0.1) is 0 Å². The molecule has 0 bridgehead atoms. The Morgan fingerprint density at radius 2 is 1.78 bits per heavy atom. The van der Waals surface area contributed by atoms with Gasteiger partial charge in [0, 0.05) is 31.9 Å². The number of para-hydroxylation sites is 1. The highest BCUT2D eigenvalue weighted by molar-refractivity contribution is 6.03. The van der Waals surface area contributed by atoms with Gasteiger partial charge < -0.3 is 15.1 Å². The van der Waals surface area contributed by atoms with Crippen LogP contribution in [0, 0.1) is 0 Å². The molecule has 0 spiro atoms. The maximum Gasteiger partial charge on any atom is 0.274 e. The van der Waals surface area contributed by atoms with Crippen LogP contribution in [0.3, 0.4) is 0 Å². The molecule has 0 aliphatic carbocycles. The van der Waals surface area contributed by atoms with Crippen molar-refractivity contribution in [1.29, 1.82) is 0 Å². The number of imidazole rings is 1. The van der Waals surface area contributed by atoms with Crippen LogP contribution >= 0.6 is 0 Å². The number of carbonyl (C=O) groups excluding carboxylic acids is 1. The first-order chi connectivity index (χ1) is 13.2. The van der Waals surface area contributed by atoms with Crippen molar-refractivity contribution in [2.24, 2.45) is 0 Å². The van der Waals surface area contributed by atoms with Crippen molar-refractivity contribution in [1.82, 2.24) is 19.4 Å². The number of anilines is 2. The van der Waals surface area contributed by atoms with Gasteiger partial charge in [0.2, 0.25) is 0 Å². The number of hydrogen-bond acceptors (Lipinski definition) is 5. The molecular weight excluding hydrogens is 340 g/mol. The van der Waals surface area contributed by atoms with Crippen molar-refractivity contribution < 1.29 is 4.79 Å². The van der Waals surface area contributed by atoms with Gasteiger partial charge in [-0.1, -0.05) is 18.2 Å². The molecule has 3 aromatic rings. The van der Waals surface area contributed by atoms with Gasteiger partial charge in [0.1, 0.15) is 11.5 Å². The maximum absolute atomic E-state index is 12.7. The first-order valence-electron chi connectivity index (χ1n) is 8.99. The first-order valence-corrected chi connectivity index (χ1v) is 8.99. The third-order valence-corrected chi connectivity index (χ3v) is 4.74. The Bertz CT molecular complexity index is 898. The molecule has 1 aliphatic rings. The number of aromatic nitrogens is 3. The van der Waals surface area contributed by atoms with E-state index in [1.54, 1.807) is 23.3 Å². The van der Waals surface area contributed by atoms with Gasteiger partial charge in [-0.05, 0) is 31.3 Å². The predicted molar refractivity (Wildman–Crippen MR) is 105 cm³/mol. The van der Waals surface area contributed by atoms with Gasteiger partial charge >= 0.3 is 0 Å². The molecule has 1 aromatic carbocycles. The Balaban J connectivity index is 1.46. The van der Waals surface area contributed by atoms with E-state index in [0.717, 1.165) is 37.7 Å². The van der Waals surface area contributed by atoms with E-state index in [9.17, 15) is 4.79 Å². The molecule has 0 unspecified atom stereocenters. The molecule has 7 heteroatoms. The van der Waals surface area contributed by atoms with Gasteiger partial charge in [0.25, 0.3) is 5.91 Å². The number of rotatable bonds is 4. The second kappa shape index (κ2) is 7.59. The van der Waals surface area contributed by atoms with Crippen LogP contribution in [-0.2, 0) is 0 Å². The van der Waals surface area contributed by atoms with Gasteiger partial charge in [0.05, 0.1) is 24.4 Å². The van der Waals surface area contributed by atoms with Crippen LogP contribution in [0.1, 0.15) is 10.5 Å². The summed E-state index contributed by atoms with van der Waals surface area (Å²) < 4.78 is 1.77. The average Bonchev–Trinajstić information content (AvgIpc) is 3.20. The summed E-state index contributed by atoms with van der Waals surface area (Å²) in [6.45, 7) is 3.99. The molecule has 0 saturated carbocycles. The summed E-state index contributed by atoms with van der Waals surface area (Å²) in [4.78, 5) is 25.9. The molecule has 27 heavy (non-hydrogen) atoms. The highest BCUT2D eigenvalue weighted by Gasteiger charge is 2.16. The highest BCUT2D eigenvalue weighted by Crippen LogP contribution is 2.17. The van der Waals surface area contributed by atoms with Gasteiger partial charge in [0.15, 0.2) is 0 Å². The number of carbonyl (C=O) groups is 1. The second-order valence-electron chi connectivity index (χ2n) is 6.63. The summed E-state index contributed by atoms with van der Waals surface area (Å²) in [6, 6.07) is 13.5. The van der Waals surface area contributed by atoms with Crippen LogP contribution in [-0.4, -0.2) is 58.6 Å². The third-order valence-electron chi connectivity index (χ3n) is 4.74. The zero-order chi connectivity index (χ0) is 18.6. The molecule has 1 N–H and O–H groups in total. The minimum atomic E-state index is -0.217. The summed E-state index contributed by atoms with van der Waals surface area (Å²) in [5.74, 6) is 0.723. The van der Waals surface area contributed by atoms with Gasteiger partial charge in [-0.25, -0.2) is 9.97 Å².